The number of benzene rings is 1. The van der Waals surface area contributed by atoms with Gasteiger partial charge in [-0.15, -0.1) is 0 Å². The SMILES string of the molecule is CCOC(=O)/C=C(\C(=O)OCC)C(=O)Oc1ccccc1. The van der Waals surface area contributed by atoms with Crippen molar-refractivity contribution in [2.24, 2.45) is 0 Å². The van der Waals surface area contributed by atoms with Crippen LogP contribution in [0.4, 0.5) is 0 Å². The van der Waals surface area contributed by atoms with Gasteiger partial charge in [-0.3, -0.25) is 0 Å². The molecule has 112 valence electrons. The topological polar surface area (TPSA) is 78.9 Å². The lowest BCUT2D eigenvalue weighted by Crippen LogP contribution is -2.22. The van der Waals surface area contributed by atoms with Crippen LogP contribution in [-0.2, 0) is 23.9 Å². The molecule has 0 unspecified atom stereocenters. The quantitative estimate of drug-likeness (QED) is 0.261. The molecule has 0 saturated carbocycles. The monoisotopic (exact) mass is 292 g/mol. The second-order valence-corrected chi connectivity index (χ2v) is 3.73. The van der Waals surface area contributed by atoms with Crippen molar-refractivity contribution in [1.29, 1.82) is 0 Å². The van der Waals surface area contributed by atoms with Crippen molar-refractivity contribution in [2.75, 3.05) is 13.2 Å². The van der Waals surface area contributed by atoms with Crippen LogP contribution < -0.4 is 4.74 Å². The molecule has 1 rings (SSSR count). The number of ether oxygens (including phenoxy) is 3. The molecule has 0 fully saturated rings. The minimum atomic E-state index is -0.979. The molecule has 0 bridgehead atoms. The highest BCUT2D eigenvalue weighted by atomic mass is 16.6. The molecule has 0 heterocycles. The zero-order valence-electron chi connectivity index (χ0n) is 11.8. The number of hydrogen-bond acceptors (Lipinski definition) is 6. The van der Waals surface area contributed by atoms with Gasteiger partial charge in [-0.05, 0) is 26.0 Å². The minimum Gasteiger partial charge on any atom is -0.463 e. The van der Waals surface area contributed by atoms with Crippen LogP contribution in [-0.4, -0.2) is 31.1 Å². The van der Waals surface area contributed by atoms with Gasteiger partial charge in [-0.1, -0.05) is 18.2 Å². The number of rotatable bonds is 6. The predicted octanol–water partition coefficient (Wildman–Crippen LogP) is 1.64. The van der Waals surface area contributed by atoms with Gasteiger partial charge in [-0.25, -0.2) is 14.4 Å². The molecular formula is C15H16O6. The van der Waals surface area contributed by atoms with Crippen LogP contribution in [0.5, 0.6) is 5.75 Å². The highest BCUT2D eigenvalue weighted by Gasteiger charge is 2.23. The van der Waals surface area contributed by atoms with E-state index in [1.165, 1.54) is 0 Å². The number of carbonyl (C=O) groups is 3. The third kappa shape index (κ3) is 5.48. The Labute approximate surface area is 122 Å². The molecule has 21 heavy (non-hydrogen) atoms. The summed E-state index contributed by atoms with van der Waals surface area (Å²) in [6.45, 7) is 3.39. The molecule has 6 nitrogen and oxygen atoms in total. The van der Waals surface area contributed by atoms with Gasteiger partial charge in [0.05, 0.1) is 13.2 Å². The fourth-order valence-electron chi connectivity index (χ4n) is 1.36. The Hall–Kier alpha value is -2.63. The van der Waals surface area contributed by atoms with Crippen molar-refractivity contribution in [3.63, 3.8) is 0 Å². The first-order valence-electron chi connectivity index (χ1n) is 6.41. The van der Waals surface area contributed by atoms with E-state index in [1.54, 1.807) is 44.2 Å². The summed E-state index contributed by atoms with van der Waals surface area (Å²) in [4.78, 5) is 35.1. The standard InChI is InChI=1S/C15H16O6/c1-3-19-13(16)10-12(14(17)20-4-2)15(18)21-11-8-6-5-7-9-11/h5-10H,3-4H2,1-2H3/b12-10+. The van der Waals surface area contributed by atoms with Crippen molar-refractivity contribution in [3.05, 3.63) is 42.0 Å². The average molecular weight is 292 g/mol. The second-order valence-electron chi connectivity index (χ2n) is 3.73. The molecule has 0 N–H and O–H groups in total. The van der Waals surface area contributed by atoms with Gasteiger partial charge in [0.25, 0.3) is 0 Å². The molecule has 1 aromatic carbocycles. The third-order valence-electron chi connectivity index (χ3n) is 2.22. The van der Waals surface area contributed by atoms with Gasteiger partial charge in [0.15, 0.2) is 5.57 Å². The van der Waals surface area contributed by atoms with Crippen molar-refractivity contribution < 1.29 is 28.6 Å². The van der Waals surface area contributed by atoms with E-state index in [-0.39, 0.29) is 19.0 Å². The molecule has 0 aliphatic rings. The Kier molecular flexibility index (Phi) is 6.67. The first kappa shape index (κ1) is 16.4. The van der Waals surface area contributed by atoms with Gasteiger partial charge in [0.1, 0.15) is 5.75 Å². The maximum Gasteiger partial charge on any atom is 0.351 e. The van der Waals surface area contributed by atoms with E-state index in [0.29, 0.717) is 0 Å². The summed E-state index contributed by atoms with van der Waals surface area (Å²) in [5.41, 5.74) is -0.515. The molecule has 0 amide bonds. The molecule has 0 aliphatic carbocycles. The largest absolute Gasteiger partial charge is 0.463 e. The number of para-hydroxylation sites is 1. The first-order valence-corrected chi connectivity index (χ1v) is 6.41. The van der Waals surface area contributed by atoms with Gasteiger partial charge >= 0.3 is 17.9 Å². The Bertz CT molecular complexity index is 532. The molecule has 0 radical (unpaired) electrons. The van der Waals surface area contributed by atoms with Crippen molar-refractivity contribution >= 4 is 17.9 Å². The summed E-state index contributed by atoms with van der Waals surface area (Å²) in [5, 5.41) is 0. The van der Waals surface area contributed by atoms with Gasteiger partial charge in [-0.2, -0.15) is 0 Å². The Morgan fingerprint density at radius 3 is 2.14 bits per heavy atom. The predicted molar refractivity (Wildman–Crippen MR) is 73.4 cm³/mol. The van der Waals surface area contributed by atoms with E-state index < -0.39 is 23.5 Å². The van der Waals surface area contributed by atoms with E-state index in [0.717, 1.165) is 6.08 Å². The average Bonchev–Trinajstić information content (AvgIpc) is 2.46. The van der Waals surface area contributed by atoms with Crippen LogP contribution in [0.1, 0.15) is 13.8 Å². The summed E-state index contributed by atoms with van der Waals surface area (Å²) in [7, 11) is 0. The molecule has 0 saturated heterocycles. The lowest BCUT2D eigenvalue weighted by atomic mass is 10.2. The van der Waals surface area contributed by atoms with Crippen LogP contribution in [0.2, 0.25) is 0 Å². The van der Waals surface area contributed by atoms with Crippen LogP contribution >= 0.6 is 0 Å². The number of hydrogen-bond donors (Lipinski definition) is 0. The van der Waals surface area contributed by atoms with E-state index in [9.17, 15) is 14.4 Å². The van der Waals surface area contributed by atoms with Gasteiger partial charge < -0.3 is 14.2 Å². The summed E-state index contributed by atoms with van der Waals surface area (Å²) < 4.78 is 14.4. The molecule has 1 aromatic rings. The Morgan fingerprint density at radius 2 is 1.57 bits per heavy atom. The minimum absolute atomic E-state index is 0.0671. The molecule has 0 atom stereocenters. The number of carbonyl (C=O) groups excluding carboxylic acids is 3. The van der Waals surface area contributed by atoms with Crippen LogP contribution in [0.25, 0.3) is 0 Å². The zero-order valence-corrected chi connectivity index (χ0v) is 11.8. The lowest BCUT2D eigenvalue weighted by Gasteiger charge is -2.07. The maximum atomic E-state index is 12.0. The smallest absolute Gasteiger partial charge is 0.351 e. The first-order chi connectivity index (χ1) is 10.1. The molecule has 0 aromatic heterocycles. The van der Waals surface area contributed by atoms with Gasteiger partial charge in [0.2, 0.25) is 0 Å². The molecule has 0 aliphatic heterocycles. The summed E-state index contributed by atoms with van der Waals surface area (Å²) in [6.07, 6.45) is 0.771. The van der Waals surface area contributed by atoms with Crippen molar-refractivity contribution in [1.82, 2.24) is 0 Å². The molecule has 0 spiro atoms. The summed E-state index contributed by atoms with van der Waals surface area (Å²) in [6, 6.07) is 8.18. The molecule has 6 heteroatoms. The third-order valence-corrected chi connectivity index (χ3v) is 2.22. The maximum absolute atomic E-state index is 12.0. The molecular weight excluding hydrogens is 276 g/mol. The Morgan fingerprint density at radius 1 is 0.952 bits per heavy atom. The van der Waals surface area contributed by atoms with Crippen LogP contribution in [0.3, 0.4) is 0 Å². The lowest BCUT2D eigenvalue weighted by molar-refractivity contribution is -0.145. The van der Waals surface area contributed by atoms with E-state index in [2.05, 4.69) is 4.74 Å². The van der Waals surface area contributed by atoms with Crippen LogP contribution in [0, 0.1) is 0 Å². The zero-order chi connectivity index (χ0) is 15.7. The normalized spacial score (nSPS) is 10.7. The highest BCUT2D eigenvalue weighted by Crippen LogP contribution is 2.12. The fraction of sp³-hybridized carbons (Fsp3) is 0.267. The van der Waals surface area contributed by atoms with Crippen molar-refractivity contribution in [3.8, 4) is 5.75 Å². The van der Waals surface area contributed by atoms with E-state index in [1.807, 2.05) is 0 Å². The second kappa shape index (κ2) is 8.52. The summed E-state index contributed by atoms with van der Waals surface area (Å²) in [5.74, 6) is -2.48. The van der Waals surface area contributed by atoms with Crippen LogP contribution in [0.15, 0.2) is 42.0 Å². The van der Waals surface area contributed by atoms with E-state index >= 15 is 0 Å². The highest BCUT2D eigenvalue weighted by molar-refractivity contribution is 6.17. The van der Waals surface area contributed by atoms with Gasteiger partial charge in [0, 0.05) is 6.08 Å². The van der Waals surface area contributed by atoms with Crippen molar-refractivity contribution in [2.45, 2.75) is 13.8 Å². The summed E-state index contributed by atoms with van der Waals surface area (Å²) >= 11 is 0. The Balaban J connectivity index is 2.92. The fourth-order valence-corrected chi connectivity index (χ4v) is 1.36. The van der Waals surface area contributed by atoms with E-state index in [4.69, 9.17) is 9.47 Å². The number of esters is 3.